The van der Waals surface area contributed by atoms with Crippen LogP contribution in [0.15, 0.2) is 41.3 Å². The van der Waals surface area contributed by atoms with Gasteiger partial charge in [-0.2, -0.15) is 4.31 Å². The van der Waals surface area contributed by atoms with Gasteiger partial charge < -0.3 is 4.74 Å². The van der Waals surface area contributed by atoms with E-state index in [9.17, 15) is 9.00 Å². The Bertz CT molecular complexity index is 701. The number of carbonyl (C=O) groups excluding carboxylic acids is 1. The highest BCUT2D eigenvalue weighted by molar-refractivity contribution is 7.83. The van der Waals surface area contributed by atoms with E-state index in [1.54, 1.807) is 4.31 Å². The molecular weight excluding hydrogens is 406 g/mol. The number of unbranched alkanes of at least 4 members (excludes halogenated alkanes) is 11. The Balaban J connectivity index is 1.64. The van der Waals surface area contributed by atoms with E-state index in [4.69, 9.17) is 4.74 Å². The predicted molar refractivity (Wildman–Crippen MR) is 129 cm³/mol. The van der Waals surface area contributed by atoms with E-state index in [0.29, 0.717) is 0 Å². The van der Waals surface area contributed by atoms with E-state index in [1.165, 1.54) is 77.7 Å². The summed E-state index contributed by atoms with van der Waals surface area (Å²) in [6, 6.07) is 7.04. The smallest absolute Gasteiger partial charge is 0.326 e. The monoisotopic (exact) mass is 447 g/mol. The molecule has 0 spiro atoms. The lowest BCUT2D eigenvalue weighted by Gasteiger charge is -2.04. The standard InChI is InChI=1S/C26H41NO3S/c1-4-5-6-7-8-9-10-11-12-13-14-15-16-17-24-25(26(28)30-3)27(24)31(29)23-20-18-22(2)19-21-23/h16-21,24-25H,4-15H2,1-3H3/b17-16-/t24-,25+,27?,31-/m0/s1. The summed E-state index contributed by atoms with van der Waals surface area (Å²) in [5.41, 5.74) is 1.12. The number of ether oxygens (including phenoxy) is 1. The maximum Gasteiger partial charge on any atom is 0.326 e. The molecule has 0 radical (unpaired) electrons. The van der Waals surface area contributed by atoms with Gasteiger partial charge >= 0.3 is 5.97 Å². The first-order valence-electron chi connectivity index (χ1n) is 12.1. The largest absolute Gasteiger partial charge is 0.468 e. The van der Waals surface area contributed by atoms with Gasteiger partial charge in [-0.3, -0.25) is 4.79 Å². The number of benzene rings is 1. The molecule has 0 N–H and O–H groups in total. The number of carbonyl (C=O) groups is 1. The number of nitrogens with zero attached hydrogens (tertiary/aromatic N) is 1. The Morgan fingerprint density at radius 2 is 1.52 bits per heavy atom. The zero-order chi connectivity index (χ0) is 22.5. The molecule has 4 nitrogen and oxygen atoms in total. The van der Waals surface area contributed by atoms with Crippen molar-refractivity contribution in [3.8, 4) is 0 Å². The number of hydrogen-bond donors (Lipinski definition) is 0. The van der Waals surface area contributed by atoms with Crippen molar-refractivity contribution in [3.63, 3.8) is 0 Å². The second kappa shape index (κ2) is 14.6. The normalized spacial score (nSPS) is 21.3. The summed E-state index contributed by atoms with van der Waals surface area (Å²) in [6.07, 6.45) is 19.9. The lowest BCUT2D eigenvalue weighted by molar-refractivity contribution is -0.140. The predicted octanol–water partition coefficient (Wildman–Crippen LogP) is 6.50. The molecule has 31 heavy (non-hydrogen) atoms. The lowest BCUT2D eigenvalue weighted by Crippen LogP contribution is -2.16. The minimum absolute atomic E-state index is 0.137. The van der Waals surface area contributed by atoms with Gasteiger partial charge in [0.2, 0.25) is 0 Å². The number of methoxy groups -OCH3 is 1. The topological polar surface area (TPSA) is 46.4 Å². The number of allylic oxidation sites excluding steroid dienone is 1. The third-order valence-electron chi connectivity index (χ3n) is 5.97. The summed E-state index contributed by atoms with van der Waals surface area (Å²) in [5, 5.41) is 0. The van der Waals surface area contributed by atoms with Crippen molar-refractivity contribution in [2.45, 2.75) is 108 Å². The van der Waals surface area contributed by atoms with E-state index >= 15 is 0 Å². The van der Waals surface area contributed by atoms with E-state index in [-0.39, 0.29) is 12.0 Å². The van der Waals surface area contributed by atoms with Crippen molar-refractivity contribution < 1.29 is 13.7 Å². The summed E-state index contributed by atoms with van der Waals surface area (Å²) >= 11 is 0. The molecule has 1 aromatic carbocycles. The lowest BCUT2D eigenvalue weighted by atomic mass is 10.1. The van der Waals surface area contributed by atoms with Crippen molar-refractivity contribution in [2.24, 2.45) is 0 Å². The highest BCUT2D eigenvalue weighted by atomic mass is 32.2. The zero-order valence-corrected chi connectivity index (χ0v) is 20.5. The Kier molecular flexibility index (Phi) is 12.1. The van der Waals surface area contributed by atoms with Crippen LogP contribution < -0.4 is 0 Å². The van der Waals surface area contributed by atoms with Gasteiger partial charge in [0.15, 0.2) is 0 Å². The first kappa shape index (κ1) is 25.8. The first-order chi connectivity index (χ1) is 15.1. The molecule has 1 heterocycles. The molecule has 1 aromatic rings. The maximum atomic E-state index is 12.9. The molecule has 1 fully saturated rings. The van der Waals surface area contributed by atoms with Crippen LogP contribution in [0.25, 0.3) is 0 Å². The van der Waals surface area contributed by atoms with E-state index in [2.05, 4.69) is 13.0 Å². The van der Waals surface area contributed by atoms with E-state index in [1.807, 2.05) is 37.3 Å². The molecule has 0 saturated carbocycles. The fourth-order valence-corrected chi connectivity index (χ4v) is 5.32. The van der Waals surface area contributed by atoms with Crippen LogP contribution in [0.1, 0.15) is 89.5 Å². The van der Waals surface area contributed by atoms with Gasteiger partial charge in [-0.1, -0.05) is 101 Å². The first-order valence-corrected chi connectivity index (χ1v) is 13.2. The summed E-state index contributed by atoms with van der Waals surface area (Å²) in [6.45, 7) is 4.27. The number of aryl methyl sites for hydroxylation is 1. The van der Waals surface area contributed by atoms with Gasteiger partial charge in [-0.15, -0.1) is 0 Å². The highest BCUT2D eigenvalue weighted by Gasteiger charge is 2.55. The Hall–Kier alpha value is -1.46. The third kappa shape index (κ3) is 8.89. The van der Waals surface area contributed by atoms with Crippen LogP contribution >= 0.6 is 0 Å². The molecule has 2 rings (SSSR count). The summed E-state index contributed by atoms with van der Waals surface area (Å²) in [7, 11) is 0.0384. The second-order valence-electron chi connectivity index (χ2n) is 8.63. The van der Waals surface area contributed by atoms with Crippen LogP contribution in [0.5, 0.6) is 0 Å². The third-order valence-corrected chi connectivity index (χ3v) is 7.50. The van der Waals surface area contributed by atoms with Gasteiger partial charge in [0.1, 0.15) is 17.0 Å². The maximum absolute atomic E-state index is 12.9. The number of rotatable bonds is 16. The summed E-state index contributed by atoms with van der Waals surface area (Å²) < 4.78 is 19.5. The van der Waals surface area contributed by atoms with Crippen LogP contribution in [-0.2, 0) is 20.5 Å². The fourth-order valence-electron chi connectivity index (χ4n) is 3.93. The highest BCUT2D eigenvalue weighted by Crippen LogP contribution is 2.35. The minimum Gasteiger partial charge on any atom is -0.468 e. The summed E-state index contributed by atoms with van der Waals surface area (Å²) in [4.78, 5) is 12.8. The van der Waals surface area contributed by atoms with E-state index in [0.717, 1.165) is 16.9 Å². The molecular formula is C26H41NO3S. The van der Waals surface area contributed by atoms with Gasteiger partial charge in [0.05, 0.1) is 18.0 Å². The van der Waals surface area contributed by atoms with Crippen LogP contribution in [0.2, 0.25) is 0 Å². The van der Waals surface area contributed by atoms with Crippen LogP contribution in [0, 0.1) is 6.92 Å². The van der Waals surface area contributed by atoms with Crippen molar-refractivity contribution in [2.75, 3.05) is 7.11 Å². The molecule has 0 aliphatic carbocycles. The molecule has 0 aromatic heterocycles. The number of esters is 1. The molecule has 1 aliphatic heterocycles. The molecule has 174 valence electrons. The SMILES string of the molecule is CCCCCCCCCCCCC/C=C\[C@H]1[C@H](C(=O)OC)N1[S@@](=O)c1ccc(C)cc1. The van der Waals surface area contributed by atoms with Crippen LogP contribution in [0.4, 0.5) is 0 Å². The van der Waals surface area contributed by atoms with Gasteiger partial charge in [0, 0.05) is 0 Å². The molecule has 0 bridgehead atoms. The molecule has 4 atom stereocenters. The van der Waals surface area contributed by atoms with Crippen LogP contribution in [-0.4, -0.2) is 33.7 Å². The Labute approximate surface area is 192 Å². The Morgan fingerprint density at radius 1 is 0.968 bits per heavy atom. The second-order valence-corrected chi connectivity index (χ2v) is 10.0. The average molecular weight is 448 g/mol. The van der Waals surface area contributed by atoms with Gasteiger partial charge in [-0.05, 0) is 31.9 Å². The van der Waals surface area contributed by atoms with E-state index < -0.39 is 17.0 Å². The van der Waals surface area contributed by atoms with Crippen molar-refractivity contribution >= 4 is 17.0 Å². The molecule has 5 heteroatoms. The number of hydrogen-bond acceptors (Lipinski definition) is 3. The molecule has 1 unspecified atom stereocenters. The average Bonchev–Trinajstić information content (AvgIpc) is 3.50. The molecule has 1 saturated heterocycles. The van der Waals surface area contributed by atoms with Crippen molar-refractivity contribution in [3.05, 3.63) is 42.0 Å². The zero-order valence-electron chi connectivity index (χ0n) is 19.7. The Morgan fingerprint density at radius 3 is 2.06 bits per heavy atom. The van der Waals surface area contributed by atoms with Crippen molar-refractivity contribution in [1.29, 1.82) is 0 Å². The fraction of sp³-hybridized carbons (Fsp3) is 0.654. The molecule has 0 amide bonds. The molecule has 1 aliphatic rings. The van der Waals surface area contributed by atoms with Crippen molar-refractivity contribution in [1.82, 2.24) is 4.31 Å². The minimum atomic E-state index is -1.35. The van der Waals surface area contributed by atoms with Gasteiger partial charge in [0.25, 0.3) is 0 Å². The summed E-state index contributed by atoms with van der Waals surface area (Å²) in [5.74, 6) is -0.315. The van der Waals surface area contributed by atoms with Gasteiger partial charge in [-0.25, -0.2) is 4.21 Å². The van der Waals surface area contributed by atoms with Crippen LogP contribution in [0.3, 0.4) is 0 Å². The quantitative estimate of drug-likeness (QED) is 0.126.